The molecule has 1 aromatic rings. The van der Waals surface area contributed by atoms with E-state index in [1.54, 1.807) is 10.4 Å². The molecule has 3 heteroatoms. The summed E-state index contributed by atoms with van der Waals surface area (Å²) in [6.45, 7) is 3.61. The van der Waals surface area contributed by atoms with E-state index in [-0.39, 0.29) is 0 Å². The Labute approximate surface area is 95.3 Å². The smallest absolute Gasteiger partial charge is 0.0470 e. The van der Waals surface area contributed by atoms with Crippen LogP contribution < -0.4 is 5.32 Å². The number of piperidine rings is 1. The number of likely N-dealkylation sites (tertiary alicyclic amines) is 1. The van der Waals surface area contributed by atoms with Crippen LogP contribution in [0.1, 0.15) is 23.3 Å². The minimum absolute atomic E-state index is 0.320. The van der Waals surface area contributed by atoms with Crippen LogP contribution in [0, 0.1) is 0 Å². The molecule has 0 bridgehead atoms. The average molecular weight is 222 g/mol. The summed E-state index contributed by atoms with van der Waals surface area (Å²) in [5.74, 6) is 0. The van der Waals surface area contributed by atoms with Crippen molar-refractivity contribution in [3.8, 4) is 0 Å². The maximum atomic E-state index is 3.78. The van der Waals surface area contributed by atoms with Crippen molar-refractivity contribution in [2.24, 2.45) is 0 Å². The summed E-state index contributed by atoms with van der Waals surface area (Å²) in [6, 6.07) is 2.34. The van der Waals surface area contributed by atoms with Crippen LogP contribution in [0.15, 0.2) is 11.4 Å². The third-order valence-electron chi connectivity index (χ3n) is 3.92. The van der Waals surface area contributed by atoms with Gasteiger partial charge in [-0.1, -0.05) is 0 Å². The summed E-state index contributed by atoms with van der Waals surface area (Å²) in [5, 5.41) is 6.04. The highest BCUT2D eigenvalue weighted by Crippen LogP contribution is 2.39. The third kappa shape index (κ3) is 1.53. The molecular formula is C12H18N2S. The monoisotopic (exact) mass is 222 g/mol. The van der Waals surface area contributed by atoms with Crippen LogP contribution in [0.25, 0.3) is 0 Å². The molecule has 1 N–H and O–H groups in total. The number of hydrogen-bond acceptors (Lipinski definition) is 3. The molecule has 1 fully saturated rings. The van der Waals surface area contributed by atoms with Gasteiger partial charge in [-0.3, -0.25) is 0 Å². The minimum atomic E-state index is 0.320. The van der Waals surface area contributed by atoms with Crippen molar-refractivity contribution in [2.75, 3.05) is 26.7 Å². The van der Waals surface area contributed by atoms with Crippen LogP contribution in [0.5, 0.6) is 0 Å². The van der Waals surface area contributed by atoms with Crippen LogP contribution >= 0.6 is 11.3 Å². The van der Waals surface area contributed by atoms with Gasteiger partial charge in [-0.05, 0) is 56.4 Å². The Morgan fingerprint density at radius 3 is 3.00 bits per heavy atom. The average Bonchev–Trinajstić information content (AvgIpc) is 2.72. The van der Waals surface area contributed by atoms with Gasteiger partial charge >= 0.3 is 0 Å². The summed E-state index contributed by atoms with van der Waals surface area (Å²) in [6.07, 6.45) is 3.77. The SMILES string of the molecule is CN1CCC2(CC1)NCCc1sccc12. The highest BCUT2D eigenvalue weighted by Gasteiger charge is 2.38. The molecule has 0 unspecified atom stereocenters. The zero-order valence-corrected chi connectivity index (χ0v) is 10.1. The number of fused-ring (bicyclic) bond motifs is 2. The van der Waals surface area contributed by atoms with Gasteiger partial charge in [0.1, 0.15) is 0 Å². The van der Waals surface area contributed by atoms with Gasteiger partial charge in [-0.2, -0.15) is 0 Å². The molecule has 1 spiro atoms. The Morgan fingerprint density at radius 1 is 1.40 bits per heavy atom. The first-order valence-electron chi connectivity index (χ1n) is 5.81. The fraction of sp³-hybridized carbons (Fsp3) is 0.667. The number of nitrogens with one attached hydrogen (secondary N) is 1. The number of hydrogen-bond donors (Lipinski definition) is 1. The van der Waals surface area contributed by atoms with E-state index in [0.717, 1.165) is 6.54 Å². The van der Waals surface area contributed by atoms with E-state index in [1.165, 1.54) is 32.4 Å². The second-order valence-electron chi connectivity index (χ2n) is 4.82. The summed E-state index contributed by atoms with van der Waals surface area (Å²) < 4.78 is 0. The van der Waals surface area contributed by atoms with E-state index in [1.807, 2.05) is 11.3 Å². The molecule has 15 heavy (non-hydrogen) atoms. The van der Waals surface area contributed by atoms with Crippen molar-refractivity contribution >= 4 is 11.3 Å². The van der Waals surface area contributed by atoms with Gasteiger partial charge in [0.2, 0.25) is 0 Å². The van der Waals surface area contributed by atoms with Crippen LogP contribution in [0.2, 0.25) is 0 Å². The van der Waals surface area contributed by atoms with Gasteiger partial charge in [0.25, 0.3) is 0 Å². The normalized spacial score (nSPS) is 25.4. The molecule has 2 aliphatic heterocycles. The molecule has 2 nitrogen and oxygen atoms in total. The molecule has 82 valence electrons. The molecule has 3 rings (SSSR count). The number of nitrogens with zero attached hydrogens (tertiary/aromatic N) is 1. The highest BCUT2D eigenvalue weighted by atomic mass is 32.1. The lowest BCUT2D eigenvalue weighted by Gasteiger charge is -2.44. The zero-order chi connectivity index (χ0) is 10.3. The second-order valence-corrected chi connectivity index (χ2v) is 5.82. The van der Waals surface area contributed by atoms with E-state index in [0.29, 0.717) is 5.54 Å². The molecule has 1 aromatic heterocycles. The molecule has 1 saturated heterocycles. The topological polar surface area (TPSA) is 15.3 Å². The van der Waals surface area contributed by atoms with Crippen molar-refractivity contribution in [2.45, 2.75) is 24.8 Å². The summed E-state index contributed by atoms with van der Waals surface area (Å²) >= 11 is 1.94. The van der Waals surface area contributed by atoms with Crippen LogP contribution in [0.4, 0.5) is 0 Å². The van der Waals surface area contributed by atoms with Crippen LogP contribution in [-0.4, -0.2) is 31.6 Å². The first kappa shape index (κ1) is 9.82. The molecule has 0 atom stereocenters. The van der Waals surface area contributed by atoms with Crippen molar-refractivity contribution in [3.63, 3.8) is 0 Å². The van der Waals surface area contributed by atoms with Gasteiger partial charge in [-0.25, -0.2) is 0 Å². The van der Waals surface area contributed by atoms with E-state index in [4.69, 9.17) is 0 Å². The maximum absolute atomic E-state index is 3.78. The molecule has 0 aliphatic carbocycles. The quantitative estimate of drug-likeness (QED) is 0.720. The Morgan fingerprint density at radius 2 is 2.20 bits per heavy atom. The summed E-state index contributed by atoms with van der Waals surface area (Å²) in [7, 11) is 2.23. The fourth-order valence-electron chi connectivity index (χ4n) is 2.92. The Balaban J connectivity index is 1.94. The van der Waals surface area contributed by atoms with E-state index in [9.17, 15) is 0 Å². The number of thiophene rings is 1. The zero-order valence-electron chi connectivity index (χ0n) is 9.25. The van der Waals surface area contributed by atoms with Gasteiger partial charge in [0, 0.05) is 17.0 Å². The number of rotatable bonds is 0. The predicted molar refractivity (Wildman–Crippen MR) is 64.4 cm³/mol. The van der Waals surface area contributed by atoms with Gasteiger partial charge in [0.15, 0.2) is 0 Å². The fourth-order valence-corrected chi connectivity index (χ4v) is 3.90. The second kappa shape index (κ2) is 3.58. The van der Waals surface area contributed by atoms with Crippen molar-refractivity contribution in [1.82, 2.24) is 10.2 Å². The molecular weight excluding hydrogens is 204 g/mol. The van der Waals surface area contributed by atoms with Crippen LogP contribution in [-0.2, 0) is 12.0 Å². The minimum Gasteiger partial charge on any atom is -0.307 e. The third-order valence-corrected chi connectivity index (χ3v) is 4.90. The molecule has 0 aromatic carbocycles. The summed E-state index contributed by atoms with van der Waals surface area (Å²) in [4.78, 5) is 4.06. The van der Waals surface area contributed by atoms with Gasteiger partial charge in [-0.15, -0.1) is 11.3 Å². The van der Waals surface area contributed by atoms with Crippen molar-refractivity contribution in [3.05, 3.63) is 21.9 Å². The largest absolute Gasteiger partial charge is 0.307 e. The summed E-state index contributed by atoms with van der Waals surface area (Å²) in [5.41, 5.74) is 1.92. The molecule has 2 aliphatic rings. The highest BCUT2D eigenvalue weighted by molar-refractivity contribution is 7.10. The Hall–Kier alpha value is -0.380. The van der Waals surface area contributed by atoms with Crippen molar-refractivity contribution < 1.29 is 0 Å². The van der Waals surface area contributed by atoms with E-state index < -0.39 is 0 Å². The molecule has 0 saturated carbocycles. The van der Waals surface area contributed by atoms with Crippen molar-refractivity contribution in [1.29, 1.82) is 0 Å². The standard InChI is InChI=1S/C12H18N2S/c1-14-7-4-12(5-8-14)10-3-9-15-11(10)2-6-13-12/h3,9,13H,2,4-8H2,1H3. The lowest BCUT2D eigenvalue weighted by atomic mass is 9.79. The Bertz CT molecular complexity index is 350. The first-order chi connectivity index (χ1) is 7.30. The molecule has 0 radical (unpaired) electrons. The first-order valence-corrected chi connectivity index (χ1v) is 6.69. The maximum Gasteiger partial charge on any atom is 0.0470 e. The van der Waals surface area contributed by atoms with Crippen LogP contribution in [0.3, 0.4) is 0 Å². The van der Waals surface area contributed by atoms with Gasteiger partial charge in [0.05, 0.1) is 0 Å². The predicted octanol–water partition coefficient (Wildman–Crippen LogP) is 1.81. The van der Waals surface area contributed by atoms with E-state index in [2.05, 4.69) is 28.7 Å². The lowest BCUT2D eigenvalue weighted by molar-refractivity contribution is 0.151. The lowest BCUT2D eigenvalue weighted by Crippen LogP contribution is -2.52. The molecule has 3 heterocycles. The molecule has 0 amide bonds. The Kier molecular flexibility index (Phi) is 2.34. The van der Waals surface area contributed by atoms with E-state index >= 15 is 0 Å². The van der Waals surface area contributed by atoms with Gasteiger partial charge < -0.3 is 10.2 Å².